The van der Waals surface area contributed by atoms with Crippen LogP contribution in [0, 0.1) is 0 Å². The van der Waals surface area contributed by atoms with E-state index in [1.165, 1.54) is 12.4 Å². The predicted molar refractivity (Wildman–Crippen MR) is 69.1 cm³/mol. The molecule has 15 heavy (non-hydrogen) atoms. The summed E-state index contributed by atoms with van der Waals surface area (Å²) in [6.45, 7) is 2.34. The predicted octanol–water partition coefficient (Wildman–Crippen LogP) is -0.0371. The number of ether oxygens (including phenoxy) is 1. The Morgan fingerprint density at radius 2 is 1.87 bits per heavy atom. The van der Waals surface area contributed by atoms with Gasteiger partial charge >= 0.3 is 0 Å². The van der Waals surface area contributed by atoms with E-state index in [0.717, 1.165) is 0 Å². The van der Waals surface area contributed by atoms with Crippen molar-refractivity contribution in [3.05, 3.63) is 0 Å². The molecule has 0 heterocycles. The molecule has 8 heteroatoms. The number of nitrogens with one attached hydrogen (secondary N) is 3. The third kappa shape index (κ3) is 9.03. The Morgan fingerprint density at radius 3 is 2.40 bits per heavy atom. The fourth-order valence-corrected chi connectivity index (χ4v) is 0.695. The van der Waals surface area contributed by atoms with Crippen LogP contribution in [-0.4, -0.2) is 36.4 Å². The first kappa shape index (κ1) is 13.7. The highest BCUT2D eigenvalue weighted by Crippen LogP contribution is 1.75. The molecule has 0 spiro atoms. The van der Waals surface area contributed by atoms with E-state index in [9.17, 15) is 0 Å². The molecule has 0 aliphatic rings. The van der Waals surface area contributed by atoms with Crippen LogP contribution in [0.15, 0.2) is 10.2 Å². The van der Waals surface area contributed by atoms with Gasteiger partial charge in [-0.25, -0.2) is 5.43 Å². The van der Waals surface area contributed by atoms with Crippen molar-refractivity contribution in [3.8, 4) is 0 Å². The summed E-state index contributed by atoms with van der Waals surface area (Å²) in [5.41, 5.74) is 5.05. The summed E-state index contributed by atoms with van der Waals surface area (Å²) in [6, 6.07) is 0. The molecular formula is C7H13N5OS2. The van der Waals surface area contributed by atoms with Crippen molar-refractivity contribution in [3.63, 3.8) is 0 Å². The minimum absolute atomic E-state index is 0.223. The van der Waals surface area contributed by atoms with Crippen molar-refractivity contribution in [1.82, 2.24) is 16.2 Å². The molecule has 0 aromatic rings. The summed E-state index contributed by atoms with van der Waals surface area (Å²) in [4.78, 5) is 0. The smallest absolute Gasteiger partial charge is 0.277 e. The third-order valence-corrected chi connectivity index (χ3v) is 1.54. The fraction of sp³-hybridized carbons (Fsp3) is 0.429. The molecule has 84 valence electrons. The number of hydrogen-bond acceptors (Lipinski definition) is 5. The Kier molecular flexibility index (Phi) is 8.49. The number of hydrazone groups is 2. The van der Waals surface area contributed by atoms with Crippen LogP contribution in [0.2, 0.25) is 0 Å². The van der Waals surface area contributed by atoms with Gasteiger partial charge in [-0.1, -0.05) is 0 Å². The normalized spacial score (nSPS) is 10.3. The molecule has 0 saturated heterocycles. The standard InChI is InChI=1S/C7H13N5OS2/c1-3-13-7(15)12-10-5-4-9-11-6(14)8-2/h4-5H,3H2,1-2H3,(H,12,15)(H2,8,11,14). The van der Waals surface area contributed by atoms with Crippen LogP contribution in [0.1, 0.15) is 6.92 Å². The maximum atomic E-state index is 4.92. The molecule has 0 radical (unpaired) electrons. The molecule has 0 aromatic carbocycles. The van der Waals surface area contributed by atoms with E-state index >= 15 is 0 Å². The van der Waals surface area contributed by atoms with Crippen LogP contribution >= 0.6 is 24.4 Å². The van der Waals surface area contributed by atoms with Gasteiger partial charge in [0.25, 0.3) is 5.17 Å². The lowest BCUT2D eigenvalue weighted by molar-refractivity contribution is 0.321. The summed E-state index contributed by atoms with van der Waals surface area (Å²) < 4.78 is 4.92. The number of hydrogen-bond donors (Lipinski definition) is 3. The lowest BCUT2D eigenvalue weighted by Crippen LogP contribution is -2.28. The van der Waals surface area contributed by atoms with Gasteiger partial charge in [-0.3, -0.25) is 5.43 Å². The maximum absolute atomic E-state index is 4.92. The number of rotatable bonds is 4. The Labute approximate surface area is 99.1 Å². The van der Waals surface area contributed by atoms with Crippen LogP contribution in [0.3, 0.4) is 0 Å². The van der Waals surface area contributed by atoms with E-state index in [4.69, 9.17) is 29.2 Å². The molecule has 0 bridgehead atoms. The summed E-state index contributed by atoms with van der Waals surface area (Å²) in [7, 11) is 1.70. The van der Waals surface area contributed by atoms with Gasteiger partial charge in [0.15, 0.2) is 5.11 Å². The van der Waals surface area contributed by atoms with E-state index in [1.807, 2.05) is 6.92 Å². The lowest BCUT2D eigenvalue weighted by Gasteiger charge is -2.01. The van der Waals surface area contributed by atoms with E-state index in [2.05, 4.69) is 26.4 Å². The van der Waals surface area contributed by atoms with Crippen LogP contribution in [0.5, 0.6) is 0 Å². The average Bonchev–Trinajstić information content (AvgIpc) is 2.23. The lowest BCUT2D eigenvalue weighted by atomic mass is 10.8. The molecule has 0 aromatic heterocycles. The van der Waals surface area contributed by atoms with Gasteiger partial charge in [0.1, 0.15) is 0 Å². The second-order valence-electron chi connectivity index (χ2n) is 2.08. The van der Waals surface area contributed by atoms with E-state index in [0.29, 0.717) is 11.7 Å². The zero-order valence-electron chi connectivity index (χ0n) is 8.48. The topological polar surface area (TPSA) is 70.0 Å². The summed E-state index contributed by atoms with van der Waals surface area (Å²) in [6.07, 6.45) is 2.84. The summed E-state index contributed by atoms with van der Waals surface area (Å²) >= 11 is 9.53. The van der Waals surface area contributed by atoms with Gasteiger partial charge in [0.2, 0.25) is 0 Å². The van der Waals surface area contributed by atoms with Crippen LogP contribution in [-0.2, 0) is 4.74 Å². The molecular weight excluding hydrogens is 234 g/mol. The van der Waals surface area contributed by atoms with E-state index < -0.39 is 0 Å². The van der Waals surface area contributed by atoms with Crippen LogP contribution in [0.4, 0.5) is 0 Å². The van der Waals surface area contributed by atoms with Gasteiger partial charge in [-0.05, 0) is 31.4 Å². The molecule has 0 aliphatic heterocycles. The van der Waals surface area contributed by atoms with Gasteiger partial charge in [0, 0.05) is 7.05 Å². The largest absolute Gasteiger partial charge is 0.470 e. The van der Waals surface area contributed by atoms with Crippen molar-refractivity contribution in [2.24, 2.45) is 10.2 Å². The molecule has 6 nitrogen and oxygen atoms in total. The van der Waals surface area contributed by atoms with E-state index in [1.54, 1.807) is 7.05 Å². The van der Waals surface area contributed by atoms with Crippen molar-refractivity contribution in [2.75, 3.05) is 13.7 Å². The van der Waals surface area contributed by atoms with Gasteiger partial charge in [-0.2, -0.15) is 10.2 Å². The van der Waals surface area contributed by atoms with E-state index in [-0.39, 0.29) is 5.17 Å². The number of nitrogens with zero attached hydrogens (tertiary/aromatic N) is 2. The quantitative estimate of drug-likeness (QED) is 0.368. The molecule has 0 aliphatic carbocycles. The fourth-order valence-electron chi connectivity index (χ4n) is 0.472. The molecule has 0 atom stereocenters. The first-order valence-electron chi connectivity index (χ1n) is 4.16. The monoisotopic (exact) mass is 247 g/mol. The maximum Gasteiger partial charge on any atom is 0.277 e. The first-order chi connectivity index (χ1) is 7.20. The molecule has 0 saturated carbocycles. The van der Waals surface area contributed by atoms with Gasteiger partial charge < -0.3 is 10.1 Å². The van der Waals surface area contributed by atoms with Crippen LogP contribution < -0.4 is 16.2 Å². The molecule has 0 unspecified atom stereocenters. The molecule has 0 rings (SSSR count). The van der Waals surface area contributed by atoms with Crippen molar-refractivity contribution in [1.29, 1.82) is 0 Å². The zero-order valence-corrected chi connectivity index (χ0v) is 10.1. The first-order valence-corrected chi connectivity index (χ1v) is 4.97. The summed E-state index contributed by atoms with van der Waals surface area (Å²) in [5, 5.41) is 10.8. The van der Waals surface area contributed by atoms with Gasteiger partial charge in [-0.15, -0.1) is 0 Å². The Bertz CT molecular complexity index is 266. The SMILES string of the molecule is CCOC(=S)NN=CC=NNC(=S)NC. The Balaban J connectivity index is 3.61. The number of thiocarbonyl (C=S) groups is 2. The molecule has 0 fully saturated rings. The van der Waals surface area contributed by atoms with Crippen LogP contribution in [0.25, 0.3) is 0 Å². The second-order valence-corrected chi connectivity index (χ2v) is 2.86. The highest BCUT2D eigenvalue weighted by molar-refractivity contribution is 7.80. The van der Waals surface area contributed by atoms with Gasteiger partial charge in [0.05, 0.1) is 19.0 Å². The molecule has 3 N–H and O–H groups in total. The Morgan fingerprint density at radius 1 is 1.27 bits per heavy atom. The molecule has 0 amide bonds. The van der Waals surface area contributed by atoms with Crippen molar-refractivity contribution >= 4 is 47.2 Å². The summed E-state index contributed by atoms with van der Waals surface area (Å²) in [5.74, 6) is 0. The van der Waals surface area contributed by atoms with Crippen molar-refractivity contribution in [2.45, 2.75) is 6.92 Å². The third-order valence-electron chi connectivity index (χ3n) is 1.04. The zero-order chi connectivity index (χ0) is 11.5. The Hall–Kier alpha value is -1.28. The average molecular weight is 247 g/mol. The highest BCUT2D eigenvalue weighted by Gasteiger charge is 1.88. The second kappa shape index (κ2) is 9.28. The minimum Gasteiger partial charge on any atom is -0.470 e. The highest BCUT2D eigenvalue weighted by atomic mass is 32.1. The minimum atomic E-state index is 0.223. The van der Waals surface area contributed by atoms with Crippen molar-refractivity contribution < 1.29 is 4.74 Å².